The van der Waals surface area contributed by atoms with E-state index in [2.05, 4.69) is 21.2 Å². The van der Waals surface area contributed by atoms with Gasteiger partial charge in [0.15, 0.2) is 16.7 Å². The van der Waals surface area contributed by atoms with Crippen molar-refractivity contribution in [2.24, 2.45) is 0 Å². The lowest BCUT2D eigenvalue weighted by Gasteiger charge is -2.25. The summed E-state index contributed by atoms with van der Waals surface area (Å²) in [6, 6.07) is 5.33. The fraction of sp³-hybridized carbons (Fsp3) is 0.278. The van der Waals surface area contributed by atoms with Crippen LogP contribution in [0.3, 0.4) is 0 Å². The van der Waals surface area contributed by atoms with E-state index in [0.717, 1.165) is 5.56 Å². The van der Waals surface area contributed by atoms with Crippen molar-refractivity contribution in [2.75, 3.05) is 25.3 Å². The van der Waals surface area contributed by atoms with Crippen LogP contribution in [0.4, 0.5) is 5.82 Å². The lowest BCUT2D eigenvalue weighted by atomic mass is 9.86. The number of carbonyl (C=O) groups is 1. The first-order valence-corrected chi connectivity index (χ1v) is 8.78. The summed E-state index contributed by atoms with van der Waals surface area (Å²) in [5, 5.41) is 3.05. The number of benzene rings is 1. The number of nitrogens with one attached hydrogen (secondary N) is 2. The molecular weight excluding hydrogens is 354 g/mol. The fourth-order valence-electron chi connectivity index (χ4n) is 2.88. The molecule has 26 heavy (non-hydrogen) atoms. The second kappa shape index (κ2) is 7.54. The molecule has 1 aromatic heterocycles. The molecule has 3 rings (SSSR count). The number of hydrogen-bond acceptors (Lipinski definition) is 6. The zero-order valence-electron chi connectivity index (χ0n) is 14.3. The summed E-state index contributed by atoms with van der Waals surface area (Å²) >= 11 is 1.23. The van der Waals surface area contributed by atoms with Crippen LogP contribution in [0.5, 0.6) is 11.5 Å². The maximum Gasteiger partial charge on any atom is 0.257 e. The molecule has 0 fully saturated rings. The number of aromatic amines is 1. The smallest absolute Gasteiger partial charge is 0.257 e. The molecule has 0 bridgehead atoms. The Hall–Kier alpha value is -2.92. The van der Waals surface area contributed by atoms with Crippen LogP contribution >= 0.6 is 11.8 Å². The van der Waals surface area contributed by atoms with Gasteiger partial charge in [-0.1, -0.05) is 23.7 Å². The average Bonchev–Trinajstić information content (AvgIpc) is 2.64. The van der Waals surface area contributed by atoms with Crippen LogP contribution in [0, 0.1) is 12.3 Å². The normalized spacial score (nSPS) is 15.6. The summed E-state index contributed by atoms with van der Waals surface area (Å²) in [7, 11) is 3.08. The van der Waals surface area contributed by atoms with Crippen molar-refractivity contribution in [1.82, 2.24) is 9.97 Å². The first-order valence-electron chi connectivity index (χ1n) is 7.79. The molecule has 0 unspecified atom stereocenters. The Morgan fingerprint density at radius 3 is 2.77 bits per heavy atom. The number of ether oxygens (including phenoxy) is 2. The van der Waals surface area contributed by atoms with Crippen LogP contribution < -0.4 is 20.3 Å². The molecule has 0 aliphatic carbocycles. The molecule has 134 valence electrons. The first-order chi connectivity index (χ1) is 12.6. The minimum absolute atomic E-state index is 0.143. The Bertz CT molecular complexity index is 948. The number of anilines is 1. The van der Waals surface area contributed by atoms with E-state index in [0.29, 0.717) is 28.0 Å². The molecule has 0 saturated carbocycles. The van der Waals surface area contributed by atoms with E-state index < -0.39 is 5.92 Å². The van der Waals surface area contributed by atoms with E-state index in [1.807, 2.05) is 6.07 Å². The summed E-state index contributed by atoms with van der Waals surface area (Å²) in [5.41, 5.74) is 0.895. The monoisotopic (exact) mass is 371 g/mol. The molecule has 2 heterocycles. The van der Waals surface area contributed by atoms with Gasteiger partial charge < -0.3 is 19.8 Å². The zero-order valence-corrected chi connectivity index (χ0v) is 15.1. The van der Waals surface area contributed by atoms with Gasteiger partial charge in [-0.2, -0.15) is 0 Å². The van der Waals surface area contributed by atoms with Gasteiger partial charge >= 0.3 is 0 Å². The Morgan fingerprint density at radius 1 is 1.31 bits per heavy atom. The Morgan fingerprint density at radius 2 is 2.08 bits per heavy atom. The number of fused-ring (bicyclic) bond motifs is 1. The summed E-state index contributed by atoms with van der Waals surface area (Å²) < 4.78 is 10.6. The van der Waals surface area contributed by atoms with Crippen molar-refractivity contribution >= 4 is 23.5 Å². The van der Waals surface area contributed by atoms with Crippen molar-refractivity contribution in [2.45, 2.75) is 17.5 Å². The van der Waals surface area contributed by atoms with Crippen molar-refractivity contribution in [3.8, 4) is 23.8 Å². The van der Waals surface area contributed by atoms with Gasteiger partial charge in [0.2, 0.25) is 5.91 Å². The number of nitrogens with zero attached hydrogens (tertiary/aromatic N) is 1. The van der Waals surface area contributed by atoms with Gasteiger partial charge in [-0.15, -0.1) is 6.42 Å². The second-order valence-corrected chi connectivity index (χ2v) is 6.51. The van der Waals surface area contributed by atoms with Gasteiger partial charge in [-0.05, 0) is 17.7 Å². The van der Waals surface area contributed by atoms with Crippen LogP contribution in [-0.2, 0) is 4.79 Å². The predicted molar refractivity (Wildman–Crippen MR) is 99.1 cm³/mol. The van der Waals surface area contributed by atoms with Crippen molar-refractivity contribution in [3.63, 3.8) is 0 Å². The van der Waals surface area contributed by atoms with Crippen LogP contribution in [0.15, 0.2) is 28.2 Å². The topological polar surface area (TPSA) is 93.3 Å². The van der Waals surface area contributed by atoms with E-state index in [9.17, 15) is 9.59 Å². The van der Waals surface area contributed by atoms with E-state index in [4.69, 9.17) is 15.9 Å². The van der Waals surface area contributed by atoms with Gasteiger partial charge in [0.25, 0.3) is 5.56 Å². The highest BCUT2D eigenvalue weighted by Gasteiger charge is 2.31. The Balaban J connectivity index is 2.08. The highest BCUT2D eigenvalue weighted by molar-refractivity contribution is 7.99. The summed E-state index contributed by atoms with van der Waals surface area (Å²) in [6.45, 7) is 0. The summed E-state index contributed by atoms with van der Waals surface area (Å²) in [6.07, 6.45) is 5.38. The third-order valence-corrected chi connectivity index (χ3v) is 4.81. The van der Waals surface area contributed by atoms with Crippen molar-refractivity contribution < 1.29 is 14.3 Å². The minimum Gasteiger partial charge on any atom is -0.493 e. The predicted octanol–water partition coefficient (Wildman–Crippen LogP) is 1.99. The summed E-state index contributed by atoms with van der Waals surface area (Å²) in [4.78, 5) is 31.9. The Kier molecular flexibility index (Phi) is 5.19. The molecule has 7 nitrogen and oxygen atoms in total. The number of thioether (sulfide) groups is 1. The summed E-state index contributed by atoms with van der Waals surface area (Å²) in [5.74, 6) is 3.58. The van der Waals surface area contributed by atoms with Crippen LogP contribution in [-0.4, -0.2) is 35.8 Å². The second-order valence-electron chi connectivity index (χ2n) is 5.55. The van der Waals surface area contributed by atoms with E-state index in [1.54, 1.807) is 19.2 Å². The van der Waals surface area contributed by atoms with E-state index in [1.165, 1.54) is 18.9 Å². The number of amides is 1. The molecule has 2 N–H and O–H groups in total. The average molecular weight is 371 g/mol. The SMILES string of the molecule is C#CCSc1nc2c(c(=O)[nH]1)[C@H](c1ccc(OC)c(OC)c1)CC(=O)N2. The third kappa shape index (κ3) is 3.39. The Labute approximate surface area is 154 Å². The zero-order chi connectivity index (χ0) is 18.7. The van der Waals surface area contributed by atoms with Gasteiger partial charge in [0, 0.05) is 12.3 Å². The number of terminal acetylenes is 1. The minimum atomic E-state index is -0.429. The lowest BCUT2D eigenvalue weighted by Crippen LogP contribution is -2.31. The van der Waals surface area contributed by atoms with E-state index in [-0.39, 0.29) is 23.7 Å². The van der Waals surface area contributed by atoms with Gasteiger partial charge in [-0.25, -0.2) is 4.98 Å². The number of aromatic nitrogens is 2. The number of rotatable bonds is 5. The van der Waals surface area contributed by atoms with Crippen molar-refractivity contribution in [1.29, 1.82) is 0 Å². The molecule has 1 aliphatic rings. The molecule has 1 aromatic carbocycles. The maximum absolute atomic E-state index is 12.6. The third-order valence-electron chi connectivity index (χ3n) is 4.03. The van der Waals surface area contributed by atoms with Crippen molar-refractivity contribution in [3.05, 3.63) is 39.7 Å². The molecular formula is C18H17N3O4S. The molecule has 8 heteroatoms. The lowest BCUT2D eigenvalue weighted by molar-refractivity contribution is -0.116. The molecule has 0 radical (unpaired) electrons. The molecule has 1 aliphatic heterocycles. The molecule has 2 aromatic rings. The number of hydrogen-bond donors (Lipinski definition) is 2. The van der Waals surface area contributed by atoms with Gasteiger partial charge in [-0.3, -0.25) is 9.59 Å². The fourth-order valence-corrected chi connectivity index (χ4v) is 3.42. The first kappa shape index (κ1) is 17.9. The standard InChI is InChI=1S/C18H17N3O4S/c1-4-7-26-18-20-16-15(17(23)21-18)11(9-14(22)19-16)10-5-6-12(24-2)13(8-10)25-3/h1,5-6,8,11H,7,9H2,2-3H3,(H2,19,20,21,22,23)/t11-/m0/s1. The number of H-pyrrole nitrogens is 1. The molecule has 1 atom stereocenters. The highest BCUT2D eigenvalue weighted by atomic mass is 32.2. The van der Waals surface area contributed by atoms with Crippen LogP contribution in [0.2, 0.25) is 0 Å². The van der Waals surface area contributed by atoms with Crippen LogP contribution in [0.25, 0.3) is 0 Å². The van der Waals surface area contributed by atoms with Gasteiger partial charge in [0.05, 0.1) is 25.5 Å². The molecule has 1 amide bonds. The van der Waals surface area contributed by atoms with Gasteiger partial charge in [0.1, 0.15) is 5.82 Å². The highest BCUT2D eigenvalue weighted by Crippen LogP contribution is 2.38. The quantitative estimate of drug-likeness (QED) is 0.474. The van der Waals surface area contributed by atoms with E-state index >= 15 is 0 Å². The maximum atomic E-state index is 12.6. The molecule has 0 spiro atoms. The largest absolute Gasteiger partial charge is 0.493 e. The molecule has 0 saturated heterocycles. The number of carbonyl (C=O) groups excluding carboxylic acids is 1. The number of methoxy groups -OCH3 is 2. The van der Waals surface area contributed by atoms with Crippen LogP contribution in [0.1, 0.15) is 23.5 Å².